The van der Waals surface area contributed by atoms with Crippen LogP contribution in [0.4, 0.5) is 13.2 Å². The molecule has 0 N–H and O–H groups in total. The molecule has 0 saturated carbocycles. The van der Waals surface area contributed by atoms with E-state index in [1.54, 1.807) is 12.1 Å². The number of hydrogen-bond acceptors (Lipinski definition) is 7. The zero-order chi connectivity index (χ0) is 45.6. The van der Waals surface area contributed by atoms with Gasteiger partial charge >= 0.3 is 6.18 Å². The number of aromatic nitrogens is 8. The largest absolute Gasteiger partial charge is 0.416 e. The Morgan fingerprint density at radius 2 is 0.776 bits per heavy atom. The third kappa shape index (κ3) is 7.86. The van der Waals surface area contributed by atoms with Crippen molar-refractivity contribution in [2.24, 2.45) is 0 Å². The van der Waals surface area contributed by atoms with Crippen molar-refractivity contribution in [2.45, 2.75) is 20.0 Å². The maximum Gasteiger partial charge on any atom is 0.416 e. The van der Waals surface area contributed by atoms with Gasteiger partial charge < -0.3 is 4.57 Å². The fraction of sp³-hybridized carbons (Fsp3) is 0.0536. The highest BCUT2D eigenvalue weighted by atomic mass is 19.4. The molecule has 0 radical (unpaired) electrons. The molecule has 0 amide bonds. The SMILES string of the molecule is Cc1nc(C)nc(-c2ccc3c(c2)c2ccccc2n3-c2c(-c3cc(-c4ccccc4)nc(-c4ccccc4)n3)cc(C(F)(F)F)cc2-c2cc(-c3ccccc3)nc(-c3ccccc3)n2)n1. The molecule has 11 heteroatoms. The van der Waals surface area contributed by atoms with Gasteiger partial charge in [0.25, 0.3) is 0 Å². The van der Waals surface area contributed by atoms with Crippen LogP contribution in [0.1, 0.15) is 17.2 Å². The molecule has 0 aliphatic carbocycles. The van der Waals surface area contributed by atoms with Gasteiger partial charge in [0.1, 0.15) is 11.6 Å². The number of hydrogen-bond donors (Lipinski definition) is 0. The van der Waals surface area contributed by atoms with Crippen LogP contribution in [0.15, 0.2) is 188 Å². The van der Waals surface area contributed by atoms with Gasteiger partial charge in [-0.3, -0.25) is 0 Å². The Kier molecular flexibility index (Phi) is 10.2. The van der Waals surface area contributed by atoms with Gasteiger partial charge in [-0.1, -0.05) is 140 Å². The summed E-state index contributed by atoms with van der Waals surface area (Å²) in [5.41, 5.74) is 6.90. The fourth-order valence-corrected chi connectivity index (χ4v) is 8.64. The summed E-state index contributed by atoms with van der Waals surface area (Å²) in [6, 6.07) is 57.8. The first-order valence-corrected chi connectivity index (χ1v) is 21.6. The zero-order valence-corrected chi connectivity index (χ0v) is 36.1. The topological polar surface area (TPSA) is 95.2 Å². The fourth-order valence-electron chi connectivity index (χ4n) is 8.64. The van der Waals surface area contributed by atoms with E-state index in [-0.39, 0.29) is 22.5 Å². The Balaban J connectivity index is 1.30. The van der Waals surface area contributed by atoms with Crippen LogP contribution in [-0.4, -0.2) is 39.5 Å². The number of fused-ring (bicyclic) bond motifs is 3. The minimum Gasteiger partial charge on any atom is -0.308 e. The normalized spacial score (nSPS) is 11.7. The van der Waals surface area contributed by atoms with Crippen molar-refractivity contribution in [3.05, 3.63) is 205 Å². The van der Waals surface area contributed by atoms with Crippen molar-refractivity contribution in [1.29, 1.82) is 0 Å². The monoisotopic (exact) mass is 878 g/mol. The number of alkyl halides is 3. The van der Waals surface area contributed by atoms with Crippen LogP contribution < -0.4 is 0 Å². The van der Waals surface area contributed by atoms with Crippen LogP contribution in [0.3, 0.4) is 0 Å². The minimum absolute atomic E-state index is 0.221. The molecule has 0 atom stereocenters. The standard InChI is InChI=1S/C56H37F3N8/c1-34-60-35(2)62-55(61-34)40-27-28-51-43(29-40)42-25-15-16-26-50(42)67(51)52-44(48-32-46(36-17-7-3-8-18-36)63-53(65-48)38-21-11-5-12-22-38)30-41(56(57,58)59)31-45(52)49-33-47(37-19-9-4-10-20-37)64-54(66-49)39-23-13-6-14-24-39/h3-33H,1-2H3. The van der Waals surface area contributed by atoms with E-state index in [1.807, 2.05) is 182 Å². The van der Waals surface area contributed by atoms with E-state index < -0.39 is 11.7 Å². The number of para-hydroxylation sites is 1. The molecule has 7 aromatic carbocycles. The maximum absolute atomic E-state index is 15.7. The number of nitrogens with zero attached hydrogens (tertiary/aromatic N) is 8. The number of rotatable bonds is 8. The number of benzene rings is 7. The van der Waals surface area contributed by atoms with Gasteiger partial charge in [0, 0.05) is 49.7 Å². The highest BCUT2D eigenvalue weighted by molar-refractivity contribution is 6.11. The van der Waals surface area contributed by atoms with Gasteiger partial charge in [0.05, 0.1) is 45.1 Å². The van der Waals surface area contributed by atoms with E-state index in [1.165, 1.54) is 12.1 Å². The van der Waals surface area contributed by atoms with Gasteiger partial charge in [-0.25, -0.2) is 34.9 Å². The third-order valence-electron chi connectivity index (χ3n) is 11.7. The molecule has 0 bridgehead atoms. The number of aryl methyl sites for hydroxylation is 2. The van der Waals surface area contributed by atoms with Crippen LogP contribution in [-0.2, 0) is 6.18 Å². The van der Waals surface area contributed by atoms with Gasteiger partial charge in [0.2, 0.25) is 0 Å². The Morgan fingerprint density at radius 1 is 0.358 bits per heavy atom. The molecule has 4 heterocycles. The molecule has 11 rings (SSSR count). The van der Waals surface area contributed by atoms with Gasteiger partial charge in [0.15, 0.2) is 17.5 Å². The summed E-state index contributed by atoms with van der Waals surface area (Å²) >= 11 is 0. The second kappa shape index (κ2) is 16.7. The van der Waals surface area contributed by atoms with E-state index in [0.29, 0.717) is 57.3 Å². The lowest BCUT2D eigenvalue weighted by Crippen LogP contribution is -2.10. The van der Waals surface area contributed by atoms with Crippen molar-refractivity contribution >= 4 is 21.8 Å². The van der Waals surface area contributed by atoms with Crippen molar-refractivity contribution in [1.82, 2.24) is 39.5 Å². The second-order valence-electron chi connectivity index (χ2n) is 16.1. The van der Waals surface area contributed by atoms with E-state index in [9.17, 15) is 0 Å². The van der Waals surface area contributed by atoms with Crippen LogP contribution in [0.25, 0.3) is 107 Å². The molecule has 67 heavy (non-hydrogen) atoms. The lowest BCUT2D eigenvalue weighted by molar-refractivity contribution is -0.137. The average Bonchev–Trinajstić information content (AvgIpc) is 3.69. The first kappa shape index (κ1) is 41.0. The average molecular weight is 879 g/mol. The second-order valence-corrected chi connectivity index (χ2v) is 16.1. The summed E-state index contributed by atoms with van der Waals surface area (Å²) in [5.74, 6) is 2.42. The molecule has 0 spiro atoms. The summed E-state index contributed by atoms with van der Waals surface area (Å²) in [6.07, 6.45) is -4.77. The first-order valence-electron chi connectivity index (χ1n) is 21.6. The summed E-state index contributed by atoms with van der Waals surface area (Å²) in [6.45, 7) is 3.66. The van der Waals surface area contributed by atoms with Crippen molar-refractivity contribution in [2.75, 3.05) is 0 Å². The van der Waals surface area contributed by atoms with Crippen molar-refractivity contribution in [3.63, 3.8) is 0 Å². The molecule has 322 valence electrons. The summed E-state index contributed by atoms with van der Waals surface area (Å²) in [5, 5.41) is 1.71. The third-order valence-corrected chi connectivity index (χ3v) is 11.7. The molecule has 0 fully saturated rings. The lowest BCUT2D eigenvalue weighted by atomic mass is 9.95. The van der Waals surface area contributed by atoms with E-state index >= 15 is 13.2 Å². The quantitative estimate of drug-likeness (QED) is 0.150. The Morgan fingerprint density at radius 3 is 1.27 bits per heavy atom. The van der Waals surface area contributed by atoms with E-state index in [2.05, 4.69) is 15.0 Å². The lowest BCUT2D eigenvalue weighted by Gasteiger charge is -2.22. The zero-order valence-electron chi connectivity index (χ0n) is 36.1. The summed E-state index contributed by atoms with van der Waals surface area (Å²) < 4.78 is 49.2. The molecular formula is C56H37F3N8. The van der Waals surface area contributed by atoms with Gasteiger partial charge in [-0.2, -0.15) is 13.2 Å². The predicted molar refractivity (Wildman–Crippen MR) is 258 cm³/mol. The molecule has 8 nitrogen and oxygen atoms in total. The number of halogens is 3. The van der Waals surface area contributed by atoms with Gasteiger partial charge in [-0.05, 0) is 62.4 Å². The van der Waals surface area contributed by atoms with E-state index in [4.69, 9.17) is 19.9 Å². The van der Waals surface area contributed by atoms with Crippen molar-refractivity contribution in [3.8, 4) is 84.9 Å². The smallest absolute Gasteiger partial charge is 0.308 e. The van der Waals surface area contributed by atoms with Gasteiger partial charge in [-0.15, -0.1) is 0 Å². The maximum atomic E-state index is 15.7. The van der Waals surface area contributed by atoms with Crippen LogP contribution in [0, 0.1) is 13.8 Å². The molecular weight excluding hydrogens is 842 g/mol. The molecule has 0 aliphatic heterocycles. The molecule has 11 aromatic rings. The minimum atomic E-state index is -4.77. The molecule has 4 aromatic heterocycles. The highest BCUT2D eigenvalue weighted by Gasteiger charge is 2.35. The Labute approximate surface area is 383 Å². The highest BCUT2D eigenvalue weighted by Crippen LogP contribution is 2.46. The Bertz CT molecular complexity index is 3350. The predicted octanol–water partition coefficient (Wildman–Crippen LogP) is 13.9. The molecule has 0 saturated heterocycles. The Hall–Kier alpha value is -8.70. The first-order chi connectivity index (χ1) is 32.6. The van der Waals surface area contributed by atoms with Crippen LogP contribution in [0.5, 0.6) is 0 Å². The summed E-state index contributed by atoms with van der Waals surface area (Å²) in [4.78, 5) is 34.0. The molecule has 0 aliphatic rings. The van der Waals surface area contributed by atoms with Crippen LogP contribution >= 0.6 is 0 Å². The summed E-state index contributed by atoms with van der Waals surface area (Å²) in [7, 11) is 0. The molecule has 0 unspecified atom stereocenters. The van der Waals surface area contributed by atoms with Crippen LogP contribution in [0.2, 0.25) is 0 Å². The van der Waals surface area contributed by atoms with Crippen molar-refractivity contribution < 1.29 is 13.2 Å². The van der Waals surface area contributed by atoms with E-state index in [0.717, 1.165) is 38.5 Å².